The summed E-state index contributed by atoms with van der Waals surface area (Å²) < 4.78 is 29.9. The van der Waals surface area contributed by atoms with Crippen molar-refractivity contribution in [2.24, 2.45) is 5.92 Å². The van der Waals surface area contributed by atoms with Gasteiger partial charge in [-0.3, -0.25) is 4.79 Å². The first-order valence-corrected chi connectivity index (χ1v) is 11.7. The van der Waals surface area contributed by atoms with Crippen LogP contribution in [0.15, 0.2) is 33.4 Å². The van der Waals surface area contributed by atoms with Crippen LogP contribution in [0.3, 0.4) is 0 Å². The Balaban J connectivity index is 2.55. The average molecular weight is 427 g/mol. The normalized spacial score (nSPS) is 16.9. The number of carbonyl (C=O) groups excluding carboxylic acids is 1. The molecule has 2 atom stereocenters. The van der Waals surface area contributed by atoms with Gasteiger partial charge in [0.2, 0.25) is 15.6 Å². The van der Waals surface area contributed by atoms with E-state index < -0.39 is 28.1 Å². The van der Waals surface area contributed by atoms with E-state index in [1.807, 2.05) is 0 Å². The quantitative estimate of drug-likeness (QED) is 0.173. The SMILES string of the molecule is CN/C(O)=C(\C(=N)C1CC1)C(=O)c1ccc([S+](C)[O-])c([S+]([O-])CCOC)c1C. The number of allylic oxidation sites excluding steroid dienone is 1. The van der Waals surface area contributed by atoms with Crippen LogP contribution in [-0.4, -0.2) is 58.5 Å². The minimum absolute atomic E-state index is 0.0347. The molecule has 0 radical (unpaired) electrons. The molecule has 0 spiro atoms. The molecule has 0 heterocycles. The smallest absolute Gasteiger partial charge is 0.211 e. The first-order chi connectivity index (χ1) is 13.2. The van der Waals surface area contributed by atoms with Crippen LogP contribution in [0, 0.1) is 18.3 Å². The standard InChI is InChI=1S/C19H26N2O5S2/c1-11-13(17(22)15(19(23)21-2)16(20)12-5-6-12)7-8-14(27(4)24)18(11)28(25)10-9-26-3/h7-8,12,20-21,23H,5-6,9-10H2,1-4H3/b19-15-,20-16?. The van der Waals surface area contributed by atoms with Crippen molar-refractivity contribution in [2.75, 3.05) is 32.8 Å². The minimum atomic E-state index is -1.50. The topological polar surface area (TPSA) is 129 Å². The third kappa shape index (κ3) is 4.90. The highest BCUT2D eigenvalue weighted by Crippen LogP contribution is 2.35. The molecule has 9 heteroatoms. The van der Waals surface area contributed by atoms with Crippen molar-refractivity contribution in [3.05, 3.63) is 34.7 Å². The van der Waals surface area contributed by atoms with Crippen molar-refractivity contribution in [3.8, 4) is 0 Å². The van der Waals surface area contributed by atoms with E-state index in [0.717, 1.165) is 12.8 Å². The van der Waals surface area contributed by atoms with E-state index in [1.165, 1.54) is 32.5 Å². The fourth-order valence-corrected chi connectivity index (χ4v) is 5.45. The maximum Gasteiger partial charge on any atom is 0.211 e. The second-order valence-corrected chi connectivity index (χ2v) is 9.41. The molecule has 1 saturated carbocycles. The third-order valence-electron chi connectivity index (χ3n) is 4.58. The van der Waals surface area contributed by atoms with Gasteiger partial charge in [-0.2, -0.15) is 0 Å². The maximum atomic E-state index is 13.2. The number of ether oxygens (including phenoxy) is 1. The van der Waals surface area contributed by atoms with Gasteiger partial charge in [0, 0.05) is 31.2 Å². The van der Waals surface area contributed by atoms with Gasteiger partial charge < -0.3 is 29.7 Å². The van der Waals surface area contributed by atoms with Gasteiger partial charge in [-0.1, -0.05) is 0 Å². The van der Waals surface area contributed by atoms with E-state index in [-0.39, 0.29) is 41.0 Å². The van der Waals surface area contributed by atoms with Gasteiger partial charge in [0.1, 0.15) is 17.6 Å². The van der Waals surface area contributed by atoms with E-state index in [4.69, 9.17) is 10.1 Å². The van der Waals surface area contributed by atoms with Gasteiger partial charge in [0.15, 0.2) is 5.88 Å². The van der Waals surface area contributed by atoms with Crippen LogP contribution >= 0.6 is 0 Å². The predicted molar refractivity (Wildman–Crippen MR) is 110 cm³/mol. The highest BCUT2D eigenvalue weighted by Gasteiger charge is 2.36. The molecule has 0 amide bonds. The second-order valence-electron chi connectivity index (χ2n) is 6.55. The zero-order valence-corrected chi connectivity index (χ0v) is 18.1. The van der Waals surface area contributed by atoms with Crippen molar-refractivity contribution in [1.29, 1.82) is 5.41 Å². The van der Waals surface area contributed by atoms with Crippen LogP contribution in [0.25, 0.3) is 0 Å². The summed E-state index contributed by atoms with van der Waals surface area (Å²) >= 11 is -2.89. The molecule has 1 aliphatic carbocycles. The molecule has 1 fully saturated rings. The lowest BCUT2D eigenvalue weighted by molar-refractivity contribution is 0.103. The molecule has 154 valence electrons. The number of nitrogens with one attached hydrogen (secondary N) is 2. The van der Waals surface area contributed by atoms with E-state index >= 15 is 0 Å². The molecule has 7 nitrogen and oxygen atoms in total. The third-order valence-corrected chi connectivity index (χ3v) is 7.19. The average Bonchev–Trinajstić information content (AvgIpc) is 3.50. The summed E-state index contributed by atoms with van der Waals surface area (Å²) in [5, 5.41) is 21.0. The van der Waals surface area contributed by atoms with Crippen LogP contribution in [0.2, 0.25) is 0 Å². The molecule has 0 saturated heterocycles. The fourth-order valence-electron chi connectivity index (χ4n) is 2.88. The zero-order valence-electron chi connectivity index (χ0n) is 16.5. The number of benzene rings is 1. The van der Waals surface area contributed by atoms with Gasteiger partial charge in [-0.05, 0) is 54.2 Å². The summed E-state index contributed by atoms with van der Waals surface area (Å²) in [6.45, 7) is 1.91. The molecule has 0 aliphatic heterocycles. The lowest BCUT2D eigenvalue weighted by Crippen LogP contribution is -2.24. The number of rotatable bonds is 10. The highest BCUT2D eigenvalue weighted by atomic mass is 32.2. The summed E-state index contributed by atoms with van der Waals surface area (Å²) in [5.74, 6) is -0.694. The fraction of sp³-hybridized carbons (Fsp3) is 0.474. The molecule has 2 unspecified atom stereocenters. The summed E-state index contributed by atoms with van der Waals surface area (Å²) in [4.78, 5) is 14.0. The van der Waals surface area contributed by atoms with Gasteiger partial charge >= 0.3 is 0 Å². The molecule has 0 bridgehead atoms. The van der Waals surface area contributed by atoms with Gasteiger partial charge in [0.05, 0.1) is 12.3 Å². The monoisotopic (exact) mass is 426 g/mol. The molecule has 3 N–H and O–H groups in total. The Morgan fingerprint density at radius 1 is 1.39 bits per heavy atom. The van der Waals surface area contributed by atoms with Gasteiger partial charge in [0.25, 0.3) is 0 Å². The zero-order chi connectivity index (χ0) is 21.0. The summed E-state index contributed by atoms with van der Waals surface area (Å²) in [6, 6.07) is 3.06. The van der Waals surface area contributed by atoms with Crippen molar-refractivity contribution in [2.45, 2.75) is 29.6 Å². The lowest BCUT2D eigenvalue weighted by Gasteiger charge is -2.19. The second kappa shape index (κ2) is 9.80. The largest absolute Gasteiger partial charge is 0.612 e. The Hall–Kier alpha value is -1.52. The number of aliphatic hydroxyl groups is 1. The van der Waals surface area contributed by atoms with Crippen LogP contribution < -0.4 is 5.32 Å². The van der Waals surface area contributed by atoms with Crippen molar-refractivity contribution < 1.29 is 23.7 Å². The molecule has 1 aliphatic rings. The van der Waals surface area contributed by atoms with E-state index in [0.29, 0.717) is 15.4 Å². The first kappa shape index (κ1) is 22.8. The van der Waals surface area contributed by atoms with Crippen LogP contribution in [0.4, 0.5) is 0 Å². The van der Waals surface area contributed by atoms with Crippen LogP contribution in [-0.2, 0) is 27.1 Å². The Labute approximate surface area is 171 Å². The highest BCUT2D eigenvalue weighted by molar-refractivity contribution is 7.94. The van der Waals surface area contributed by atoms with Crippen LogP contribution in [0.1, 0.15) is 28.8 Å². The summed E-state index contributed by atoms with van der Waals surface area (Å²) in [5.41, 5.74) is 0.697. The molecule has 2 rings (SSSR count). The van der Waals surface area contributed by atoms with E-state index in [2.05, 4.69) is 5.32 Å². The number of hydrogen-bond acceptors (Lipinski definition) is 7. The van der Waals surface area contributed by atoms with Crippen LogP contribution in [0.5, 0.6) is 0 Å². The molecular formula is C19H26N2O5S2. The number of carbonyl (C=O) groups is 1. The van der Waals surface area contributed by atoms with Crippen molar-refractivity contribution in [3.63, 3.8) is 0 Å². The molecule has 1 aromatic carbocycles. The number of Topliss-reactive ketones (excluding diaryl/α,β-unsaturated/α-hetero) is 1. The van der Waals surface area contributed by atoms with Crippen molar-refractivity contribution in [1.82, 2.24) is 5.32 Å². The molecule has 28 heavy (non-hydrogen) atoms. The molecule has 0 aromatic heterocycles. The lowest BCUT2D eigenvalue weighted by atomic mass is 9.94. The Bertz CT molecular complexity index is 791. The number of hydrogen-bond donors (Lipinski definition) is 3. The van der Waals surface area contributed by atoms with Gasteiger partial charge in [-0.25, -0.2) is 0 Å². The minimum Gasteiger partial charge on any atom is -0.612 e. The van der Waals surface area contributed by atoms with Gasteiger partial charge in [-0.15, -0.1) is 0 Å². The summed E-state index contributed by atoms with van der Waals surface area (Å²) in [7, 11) is 2.98. The number of aliphatic hydroxyl groups excluding tert-OH is 1. The predicted octanol–water partition coefficient (Wildman–Crippen LogP) is 2.09. The Kier molecular flexibility index (Phi) is 7.97. The summed E-state index contributed by atoms with van der Waals surface area (Å²) in [6.07, 6.45) is 3.12. The van der Waals surface area contributed by atoms with Crippen molar-refractivity contribution >= 4 is 33.8 Å². The first-order valence-electron chi connectivity index (χ1n) is 8.83. The molecular weight excluding hydrogens is 400 g/mol. The Morgan fingerprint density at radius 2 is 2.04 bits per heavy atom. The maximum absolute atomic E-state index is 13.2. The molecule has 1 aromatic rings. The number of ketones is 1. The van der Waals surface area contributed by atoms with E-state index in [1.54, 1.807) is 6.92 Å². The van der Waals surface area contributed by atoms with E-state index in [9.17, 15) is 19.0 Å². The Morgan fingerprint density at radius 3 is 2.54 bits per heavy atom. The number of methoxy groups -OCH3 is 1.